The Bertz CT molecular complexity index is 269. The van der Waals surface area contributed by atoms with Gasteiger partial charge in [-0.05, 0) is 12.8 Å². The van der Waals surface area contributed by atoms with Gasteiger partial charge < -0.3 is 12.9 Å². The van der Waals surface area contributed by atoms with Crippen molar-refractivity contribution in [3.05, 3.63) is 0 Å². The second kappa shape index (κ2) is 6.17. The SMILES string of the molecule is O=[S-](=S)OCCCCS(=O)(O)=S. The lowest BCUT2D eigenvalue weighted by atomic mass is 10.4. The van der Waals surface area contributed by atoms with Gasteiger partial charge in [-0.15, -0.1) is 0 Å². The van der Waals surface area contributed by atoms with Crippen molar-refractivity contribution in [2.45, 2.75) is 12.8 Å². The van der Waals surface area contributed by atoms with Crippen LogP contribution < -0.4 is 0 Å². The Morgan fingerprint density at radius 1 is 1.50 bits per heavy atom. The molecule has 0 aromatic carbocycles. The van der Waals surface area contributed by atoms with Crippen molar-refractivity contribution < 1.29 is 17.2 Å². The minimum atomic E-state index is -3.05. The first-order valence-electron chi connectivity index (χ1n) is 3.09. The molecule has 74 valence electrons. The molecule has 0 aromatic heterocycles. The summed E-state index contributed by atoms with van der Waals surface area (Å²) in [6, 6.07) is 0. The summed E-state index contributed by atoms with van der Waals surface area (Å²) in [6.07, 6.45) is 1.02. The zero-order valence-electron chi connectivity index (χ0n) is 6.13. The first-order valence-corrected chi connectivity index (χ1v) is 7.70. The van der Waals surface area contributed by atoms with Gasteiger partial charge in [-0.1, -0.05) is 9.64 Å². The van der Waals surface area contributed by atoms with Crippen LogP contribution in [0.3, 0.4) is 0 Å². The minimum absolute atomic E-state index is 0.0652. The molecule has 1 atom stereocenters. The monoisotopic (exact) mass is 249 g/mol. The second-order valence-electron chi connectivity index (χ2n) is 2.02. The number of hydrogen-bond donors (Lipinski definition) is 1. The summed E-state index contributed by atoms with van der Waals surface area (Å²) in [7, 11) is -4.72. The zero-order chi connectivity index (χ0) is 9.61. The predicted molar refractivity (Wildman–Crippen MR) is 53.6 cm³/mol. The summed E-state index contributed by atoms with van der Waals surface area (Å²) < 4.78 is 33.9. The Kier molecular flexibility index (Phi) is 6.50. The Morgan fingerprint density at radius 2 is 2.08 bits per heavy atom. The molecule has 0 aliphatic rings. The summed E-state index contributed by atoms with van der Waals surface area (Å²) in [6.45, 7) is 0.237. The van der Waals surface area contributed by atoms with Gasteiger partial charge in [0.2, 0.25) is 0 Å². The molecule has 0 saturated heterocycles. The van der Waals surface area contributed by atoms with Gasteiger partial charge >= 0.3 is 0 Å². The van der Waals surface area contributed by atoms with Crippen LogP contribution in [0.25, 0.3) is 0 Å². The molecule has 0 heterocycles. The minimum Gasteiger partial charge on any atom is -0.444 e. The fourth-order valence-electron chi connectivity index (χ4n) is 0.513. The van der Waals surface area contributed by atoms with E-state index in [1.807, 2.05) is 0 Å². The molecule has 1 N–H and O–H groups in total. The third-order valence-electron chi connectivity index (χ3n) is 0.976. The lowest BCUT2D eigenvalue weighted by molar-refractivity contribution is 0.341. The maximum absolute atomic E-state index is 10.5. The van der Waals surface area contributed by atoms with Crippen LogP contribution in [-0.2, 0) is 49.2 Å². The van der Waals surface area contributed by atoms with Gasteiger partial charge in [-0.3, -0.25) is 0 Å². The average Bonchev–Trinajstić information content (AvgIpc) is 1.83. The molecule has 0 radical (unpaired) electrons. The molecular formula is C4H9O4S4-. The van der Waals surface area contributed by atoms with Gasteiger partial charge in [0.25, 0.3) is 0 Å². The highest BCUT2D eigenvalue weighted by Crippen LogP contribution is 1.95. The summed E-state index contributed by atoms with van der Waals surface area (Å²) in [4.78, 5) is 0. The van der Waals surface area contributed by atoms with Crippen LogP contribution >= 0.6 is 0 Å². The van der Waals surface area contributed by atoms with Crippen LogP contribution in [0.5, 0.6) is 0 Å². The highest BCUT2D eigenvalue weighted by Gasteiger charge is 1.97. The third kappa shape index (κ3) is 10.7. The van der Waals surface area contributed by atoms with Crippen LogP contribution in [-0.4, -0.2) is 21.1 Å². The van der Waals surface area contributed by atoms with Crippen LogP contribution in [0.4, 0.5) is 0 Å². The quantitative estimate of drug-likeness (QED) is 0.541. The predicted octanol–water partition coefficient (Wildman–Crippen LogP) is 0.343. The fraction of sp³-hybridized carbons (Fsp3) is 1.00. The highest BCUT2D eigenvalue weighted by molar-refractivity contribution is 8.29. The highest BCUT2D eigenvalue weighted by atomic mass is 32.8. The normalized spacial score (nSPS) is 16.2. The molecular weight excluding hydrogens is 240 g/mol. The molecule has 0 amide bonds. The number of unbranched alkanes of at least 4 members (excludes halogenated alkanes) is 1. The summed E-state index contributed by atoms with van der Waals surface area (Å²) >= 11 is 8.47. The van der Waals surface area contributed by atoms with E-state index < -0.39 is 18.4 Å². The lowest BCUT2D eigenvalue weighted by Crippen LogP contribution is -2.03. The van der Waals surface area contributed by atoms with E-state index >= 15 is 0 Å². The van der Waals surface area contributed by atoms with E-state index in [9.17, 15) is 8.42 Å². The molecule has 0 rings (SSSR count). The number of hydrogen-bond acceptors (Lipinski definition) is 6. The maximum atomic E-state index is 10.5. The van der Waals surface area contributed by atoms with E-state index in [4.69, 9.17) is 4.55 Å². The molecule has 0 aromatic rings. The Hall–Kier alpha value is 0.660. The van der Waals surface area contributed by atoms with Crippen molar-refractivity contribution in [3.8, 4) is 0 Å². The molecule has 12 heavy (non-hydrogen) atoms. The van der Waals surface area contributed by atoms with Crippen LogP contribution in [0.1, 0.15) is 12.8 Å². The van der Waals surface area contributed by atoms with E-state index in [1.54, 1.807) is 0 Å². The fourth-order valence-corrected chi connectivity index (χ4v) is 1.89. The number of rotatable bonds is 6. The molecule has 0 spiro atoms. The molecule has 0 aliphatic heterocycles. The van der Waals surface area contributed by atoms with Crippen molar-refractivity contribution in [1.29, 1.82) is 0 Å². The molecule has 4 nitrogen and oxygen atoms in total. The van der Waals surface area contributed by atoms with E-state index in [-0.39, 0.29) is 12.4 Å². The van der Waals surface area contributed by atoms with E-state index in [2.05, 4.69) is 26.6 Å². The standard InChI is InChI=1S/C4H9O4S4/c5-11(9)8-3-1-2-4-12(6,7)10/h1-4H2,(H,6,7,10)/q-1. The molecule has 0 bridgehead atoms. The van der Waals surface area contributed by atoms with Gasteiger partial charge in [0.15, 0.2) is 0 Å². The van der Waals surface area contributed by atoms with Crippen molar-refractivity contribution in [3.63, 3.8) is 0 Å². The Morgan fingerprint density at radius 3 is 2.50 bits per heavy atom. The summed E-state index contributed by atoms with van der Waals surface area (Å²) in [5.74, 6) is 0.0652. The average molecular weight is 249 g/mol. The van der Waals surface area contributed by atoms with Gasteiger partial charge in [-0.25, -0.2) is 15.4 Å². The van der Waals surface area contributed by atoms with Gasteiger partial charge in [0.05, 0.1) is 0 Å². The van der Waals surface area contributed by atoms with Gasteiger partial charge in [0, 0.05) is 23.5 Å². The van der Waals surface area contributed by atoms with Gasteiger partial charge in [0.1, 0.15) is 8.77 Å². The second-order valence-corrected chi connectivity index (χ2v) is 6.61. The molecule has 0 aliphatic carbocycles. The van der Waals surface area contributed by atoms with Crippen molar-refractivity contribution >= 4 is 40.8 Å². The van der Waals surface area contributed by atoms with Gasteiger partial charge in [-0.2, -0.15) is 0 Å². The van der Waals surface area contributed by atoms with Crippen molar-refractivity contribution in [2.75, 3.05) is 12.4 Å². The van der Waals surface area contributed by atoms with E-state index in [0.717, 1.165) is 0 Å². The molecule has 0 fully saturated rings. The largest absolute Gasteiger partial charge is 0.444 e. The Balaban J connectivity index is 3.35. The van der Waals surface area contributed by atoms with Crippen LogP contribution in [0.15, 0.2) is 0 Å². The third-order valence-corrected chi connectivity index (χ3v) is 2.93. The summed E-state index contributed by atoms with van der Waals surface area (Å²) in [5, 5.41) is 0. The van der Waals surface area contributed by atoms with Crippen molar-refractivity contribution in [1.82, 2.24) is 0 Å². The first-order chi connectivity index (χ1) is 5.42. The van der Waals surface area contributed by atoms with Crippen LogP contribution in [0, 0.1) is 0 Å². The topological polar surface area (TPSA) is 63.6 Å². The van der Waals surface area contributed by atoms with Crippen molar-refractivity contribution in [2.24, 2.45) is 0 Å². The van der Waals surface area contributed by atoms with Crippen LogP contribution in [0.2, 0.25) is 0 Å². The van der Waals surface area contributed by atoms with E-state index in [1.165, 1.54) is 0 Å². The molecule has 8 heteroatoms. The Labute approximate surface area is 83.1 Å². The smallest absolute Gasteiger partial charge is 0.141 e. The molecule has 1 unspecified atom stereocenters. The summed E-state index contributed by atoms with van der Waals surface area (Å²) in [5.41, 5.74) is 0. The lowest BCUT2D eigenvalue weighted by Gasteiger charge is -2.03. The van der Waals surface area contributed by atoms with E-state index in [0.29, 0.717) is 12.8 Å². The zero-order valence-corrected chi connectivity index (χ0v) is 9.40. The first kappa shape index (κ1) is 12.7. The maximum Gasteiger partial charge on any atom is 0.141 e. The molecule has 0 saturated carbocycles.